The Labute approximate surface area is 183 Å². The summed E-state index contributed by atoms with van der Waals surface area (Å²) in [5.74, 6) is -2.64. The molecule has 8 nitrogen and oxygen atoms in total. The smallest absolute Gasteiger partial charge is 0.319 e. The number of primary amides is 1. The molecule has 2 aromatic rings. The summed E-state index contributed by atoms with van der Waals surface area (Å²) in [6.07, 6.45) is 3.99. The number of hydrogen-bond donors (Lipinski definition) is 3. The van der Waals surface area contributed by atoms with Crippen molar-refractivity contribution < 1.29 is 23.1 Å². The van der Waals surface area contributed by atoms with E-state index in [4.69, 9.17) is 10.5 Å². The molecule has 4 N–H and O–H groups in total. The molecule has 3 amide bonds. The summed E-state index contributed by atoms with van der Waals surface area (Å²) in [7, 11) is 4.06. The molecule has 0 radical (unpaired) electrons. The highest BCUT2D eigenvalue weighted by Crippen LogP contribution is 2.31. The number of hydrogen-bond acceptors (Lipinski definition) is 6. The molecule has 0 aliphatic rings. The Morgan fingerprint density at radius 1 is 1.16 bits per heavy atom. The maximum absolute atomic E-state index is 13.7. The van der Waals surface area contributed by atoms with Gasteiger partial charge in [-0.15, -0.1) is 0 Å². The molecule has 31 heavy (non-hydrogen) atoms. The minimum atomic E-state index is -0.881. The highest BCUT2D eigenvalue weighted by molar-refractivity contribution is 7.11. The second-order valence-electron chi connectivity index (χ2n) is 7.14. The number of nitrogens with one attached hydrogen (secondary N) is 2. The molecule has 1 aromatic carbocycles. The molecule has 0 saturated carbocycles. The lowest BCUT2D eigenvalue weighted by Crippen LogP contribution is -2.30. The zero-order chi connectivity index (χ0) is 22.8. The Morgan fingerprint density at radius 2 is 1.84 bits per heavy atom. The van der Waals surface area contributed by atoms with Crippen LogP contribution in [0.5, 0.6) is 5.88 Å². The number of ether oxygens (including phenoxy) is 1. The van der Waals surface area contributed by atoms with Crippen LogP contribution in [0, 0.1) is 11.6 Å². The first-order chi connectivity index (χ1) is 14.8. The molecular weight excluding hydrogens is 428 g/mol. The highest BCUT2D eigenvalue weighted by Gasteiger charge is 2.22. The van der Waals surface area contributed by atoms with E-state index in [1.54, 1.807) is 0 Å². The first-order valence-electron chi connectivity index (χ1n) is 9.84. The molecule has 1 heterocycles. The molecule has 170 valence electrons. The molecule has 1 aromatic heterocycles. The van der Waals surface area contributed by atoms with E-state index in [1.165, 1.54) is 6.07 Å². The van der Waals surface area contributed by atoms with Gasteiger partial charge in [0.05, 0.1) is 5.56 Å². The number of amides is 3. The molecule has 0 aliphatic carbocycles. The van der Waals surface area contributed by atoms with Gasteiger partial charge in [0.15, 0.2) is 0 Å². The first-order valence-corrected chi connectivity index (χ1v) is 10.6. The second kappa shape index (κ2) is 12.2. The fraction of sp³-hybridized carbons (Fsp3) is 0.450. The van der Waals surface area contributed by atoms with Gasteiger partial charge < -0.3 is 20.7 Å². The molecule has 0 bridgehead atoms. The van der Waals surface area contributed by atoms with Crippen LogP contribution in [0.3, 0.4) is 0 Å². The van der Waals surface area contributed by atoms with Crippen LogP contribution in [0.15, 0.2) is 18.2 Å². The molecule has 2 rings (SSSR count). The van der Waals surface area contributed by atoms with Crippen LogP contribution in [0.25, 0.3) is 0 Å². The van der Waals surface area contributed by atoms with Gasteiger partial charge in [-0.05, 0) is 57.1 Å². The van der Waals surface area contributed by atoms with Gasteiger partial charge in [-0.1, -0.05) is 18.9 Å². The average Bonchev–Trinajstić information content (AvgIpc) is 3.09. The van der Waals surface area contributed by atoms with E-state index in [0.717, 1.165) is 55.9 Å². The monoisotopic (exact) mass is 455 g/mol. The Hall–Kier alpha value is -2.79. The van der Waals surface area contributed by atoms with E-state index < -0.39 is 30.2 Å². The zero-order valence-electron chi connectivity index (χ0n) is 17.5. The minimum absolute atomic E-state index is 0.0972. The van der Waals surface area contributed by atoms with Crippen LogP contribution < -0.4 is 21.1 Å². The number of urea groups is 1. The summed E-state index contributed by atoms with van der Waals surface area (Å²) in [5.41, 5.74) is 4.92. The van der Waals surface area contributed by atoms with Gasteiger partial charge >= 0.3 is 6.03 Å². The summed E-state index contributed by atoms with van der Waals surface area (Å²) in [4.78, 5) is 26.1. The number of halogens is 2. The highest BCUT2D eigenvalue weighted by atomic mass is 32.1. The van der Waals surface area contributed by atoms with Crippen molar-refractivity contribution in [2.75, 3.05) is 32.5 Å². The summed E-state index contributed by atoms with van der Waals surface area (Å²) >= 11 is 0.789. The molecule has 0 aliphatic heterocycles. The third kappa shape index (κ3) is 7.76. The fourth-order valence-corrected chi connectivity index (χ4v) is 3.48. The van der Waals surface area contributed by atoms with Gasteiger partial charge in [-0.2, -0.15) is 4.37 Å². The van der Waals surface area contributed by atoms with Gasteiger partial charge in [0.1, 0.15) is 28.8 Å². The molecule has 0 unspecified atom stereocenters. The molecule has 0 atom stereocenters. The van der Waals surface area contributed by atoms with Crippen molar-refractivity contribution in [3.8, 4) is 5.88 Å². The normalized spacial score (nSPS) is 10.9. The summed E-state index contributed by atoms with van der Waals surface area (Å²) in [5, 5.41) is 5.32. The Balaban J connectivity index is 1.87. The number of unbranched alkanes of at least 4 members (excludes halogenated alkanes) is 3. The van der Waals surface area contributed by atoms with Gasteiger partial charge in [-0.25, -0.2) is 13.6 Å². The Bertz CT molecular complexity index is 871. The Morgan fingerprint density at radius 3 is 2.48 bits per heavy atom. The number of nitrogens with two attached hydrogens (primary N) is 1. The largest absolute Gasteiger partial charge is 0.471 e. The van der Waals surface area contributed by atoms with Crippen LogP contribution in [-0.2, 0) is 6.61 Å². The first kappa shape index (κ1) is 24.5. The third-order valence-electron chi connectivity index (χ3n) is 4.37. The number of aromatic nitrogens is 1. The topological polar surface area (TPSA) is 110 Å². The van der Waals surface area contributed by atoms with Gasteiger partial charge in [-0.3, -0.25) is 10.1 Å². The summed E-state index contributed by atoms with van der Waals surface area (Å²) in [6.45, 7) is 1.03. The maximum Gasteiger partial charge on any atom is 0.319 e. The SMILES string of the molecule is CN(C)CCCCCCNC(=O)Nc1snc(OCc2c(F)cccc2F)c1C(N)=O. The molecule has 0 fully saturated rings. The van der Waals surface area contributed by atoms with Gasteiger partial charge in [0, 0.05) is 6.54 Å². The predicted octanol–water partition coefficient (Wildman–Crippen LogP) is 3.34. The molecule has 0 saturated heterocycles. The fourth-order valence-electron chi connectivity index (χ4n) is 2.74. The lowest BCUT2D eigenvalue weighted by molar-refractivity contribution is 0.0996. The van der Waals surface area contributed by atoms with Crippen LogP contribution in [0.2, 0.25) is 0 Å². The zero-order valence-corrected chi connectivity index (χ0v) is 18.4. The van der Waals surface area contributed by atoms with Crippen molar-refractivity contribution in [2.45, 2.75) is 32.3 Å². The van der Waals surface area contributed by atoms with Crippen molar-refractivity contribution in [2.24, 2.45) is 5.73 Å². The van der Waals surface area contributed by atoms with Crippen LogP contribution in [0.4, 0.5) is 18.6 Å². The molecule has 11 heteroatoms. The quantitative estimate of drug-likeness (QED) is 0.425. The maximum atomic E-state index is 13.7. The standard InChI is InChI=1S/C20H27F2N5O3S/c1-27(2)11-6-4-3-5-10-24-20(29)25-19-16(17(23)28)18(26-31-19)30-12-13-14(21)8-7-9-15(13)22/h7-9H,3-6,10-12H2,1-2H3,(H2,23,28)(H2,24,25,29). The number of anilines is 1. The van der Waals surface area contributed by atoms with E-state index in [-0.39, 0.29) is 22.0 Å². The van der Waals surface area contributed by atoms with Gasteiger partial charge in [0.2, 0.25) is 5.88 Å². The average molecular weight is 456 g/mol. The minimum Gasteiger partial charge on any atom is -0.471 e. The number of nitrogens with zero attached hydrogens (tertiary/aromatic N) is 2. The summed E-state index contributed by atoms with van der Waals surface area (Å²) < 4.78 is 36.7. The molecular formula is C20H27F2N5O3S. The number of rotatable bonds is 12. The van der Waals surface area contributed by atoms with E-state index in [0.29, 0.717) is 6.54 Å². The number of benzene rings is 1. The van der Waals surface area contributed by atoms with Crippen LogP contribution in [-0.4, -0.2) is 48.4 Å². The van der Waals surface area contributed by atoms with E-state index in [9.17, 15) is 18.4 Å². The number of carbonyl (C=O) groups excluding carboxylic acids is 2. The lowest BCUT2D eigenvalue weighted by atomic mass is 10.2. The van der Waals surface area contributed by atoms with Crippen molar-refractivity contribution in [3.05, 3.63) is 41.0 Å². The van der Waals surface area contributed by atoms with E-state index in [1.807, 2.05) is 14.1 Å². The Kier molecular flexibility index (Phi) is 9.60. The van der Waals surface area contributed by atoms with Crippen molar-refractivity contribution in [1.29, 1.82) is 0 Å². The van der Waals surface area contributed by atoms with Crippen LogP contribution in [0.1, 0.15) is 41.6 Å². The third-order valence-corrected chi connectivity index (χ3v) is 5.11. The van der Waals surface area contributed by atoms with Crippen molar-refractivity contribution in [1.82, 2.24) is 14.6 Å². The van der Waals surface area contributed by atoms with Crippen molar-refractivity contribution >= 4 is 28.5 Å². The van der Waals surface area contributed by atoms with Crippen LogP contribution >= 0.6 is 11.5 Å². The molecule has 0 spiro atoms. The number of carbonyl (C=O) groups is 2. The second-order valence-corrected chi connectivity index (χ2v) is 7.92. The van der Waals surface area contributed by atoms with E-state index in [2.05, 4.69) is 19.9 Å². The predicted molar refractivity (Wildman–Crippen MR) is 115 cm³/mol. The van der Waals surface area contributed by atoms with E-state index >= 15 is 0 Å². The van der Waals surface area contributed by atoms with Gasteiger partial charge in [0.25, 0.3) is 5.91 Å². The summed E-state index contributed by atoms with van der Waals surface area (Å²) in [6, 6.07) is 2.91. The lowest BCUT2D eigenvalue weighted by Gasteiger charge is -2.09. The van der Waals surface area contributed by atoms with Crippen molar-refractivity contribution in [3.63, 3.8) is 0 Å².